The summed E-state index contributed by atoms with van der Waals surface area (Å²) in [7, 11) is 1.58. The second kappa shape index (κ2) is 10.2. The third-order valence-electron chi connectivity index (χ3n) is 7.61. The molecule has 2 fully saturated rings. The van der Waals surface area contributed by atoms with Gasteiger partial charge in [0.15, 0.2) is 0 Å². The molecule has 2 N–H and O–H groups in total. The number of nitrogens with one attached hydrogen (secondary N) is 1. The van der Waals surface area contributed by atoms with Crippen molar-refractivity contribution in [1.82, 2.24) is 9.47 Å². The molecule has 4 heterocycles. The second-order valence-corrected chi connectivity index (χ2v) is 11.4. The van der Waals surface area contributed by atoms with E-state index in [1.807, 2.05) is 36.4 Å². The number of carbonyl (C=O) groups excluding carboxylic acids is 2. The predicted molar refractivity (Wildman–Crippen MR) is 149 cm³/mol. The average molecular weight is 551 g/mol. The van der Waals surface area contributed by atoms with Crippen molar-refractivity contribution in [3.63, 3.8) is 0 Å². The van der Waals surface area contributed by atoms with Gasteiger partial charge in [-0.1, -0.05) is 0 Å². The zero-order chi connectivity index (χ0) is 27.1. The number of hydrogen-bond donors (Lipinski definition) is 2. The van der Waals surface area contributed by atoms with E-state index in [1.54, 1.807) is 22.6 Å². The lowest BCUT2D eigenvalue weighted by molar-refractivity contribution is -0.113. The van der Waals surface area contributed by atoms with E-state index < -0.39 is 11.7 Å². The van der Waals surface area contributed by atoms with Crippen LogP contribution in [0.1, 0.15) is 12.8 Å². The number of pyridine rings is 1. The third-order valence-corrected chi connectivity index (χ3v) is 8.69. The van der Waals surface area contributed by atoms with Crippen LogP contribution in [0.25, 0.3) is 10.9 Å². The van der Waals surface area contributed by atoms with Crippen molar-refractivity contribution in [2.75, 3.05) is 49.3 Å². The summed E-state index contributed by atoms with van der Waals surface area (Å²) in [6.07, 6.45) is 0.481. The Hall–Kier alpha value is -3.54. The molecule has 6 rings (SSSR count). The van der Waals surface area contributed by atoms with E-state index >= 15 is 0 Å². The predicted octanol–water partition coefficient (Wildman–Crippen LogP) is 2.91. The first-order valence-electron chi connectivity index (χ1n) is 13.0. The number of methoxy groups -OCH3 is 1. The SMILES string of the molecule is COc1ccc2ccc(=O)n(C[C@@]3(O)CCN(CCC4CN(c5ccc6c(c5)NC(=O)CS6)C(=O)O4)C3)c2c1. The summed E-state index contributed by atoms with van der Waals surface area (Å²) in [6, 6.07) is 14.5. The van der Waals surface area contributed by atoms with Crippen molar-refractivity contribution in [3.05, 3.63) is 58.9 Å². The molecule has 0 bridgehead atoms. The summed E-state index contributed by atoms with van der Waals surface area (Å²) in [4.78, 5) is 41.8. The number of likely N-dealkylation sites (tertiary alicyclic amines) is 1. The van der Waals surface area contributed by atoms with Gasteiger partial charge < -0.3 is 29.4 Å². The number of nitrogens with zero attached hydrogens (tertiary/aromatic N) is 3. The zero-order valence-electron chi connectivity index (χ0n) is 21.6. The summed E-state index contributed by atoms with van der Waals surface area (Å²) < 4.78 is 12.6. The molecule has 3 aromatic rings. The third kappa shape index (κ3) is 5.21. The number of amides is 2. The highest BCUT2D eigenvalue weighted by Crippen LogP contribution is 2.36. The Kier molecular flexibility index (Phi) is 6.74. The molecule has 10 nitrogen and oxygen atoms in total. The standard InChI is InChI=1S/C28H30N4O6S/c1-37-20-5-2-18-3-7-26(34)32(23(18)13-20)17-28(36)9-11-30(16-28)10-8-21-14-31(27(35)38-21)19-4-6-24-22(12-19)29-25(33)15-39-24/h2-7,12-13,21,36H,8-11,14-17H2,1H3,(H,29,33)/t21?,28-/m1/s1. The smallest absolute Gasteiger partial charge is 0.414 e. The lowest BCUT2D eigenvalue weighted by Crippen LogP contribution is -2.41. The number of thioether (sulfide) groups is 1. The first-order valence-corrected chi connectivity index (χ1v) is 14.0. The van der Waals surface area contributed by atoms with Gasteiger partial charge in [-0.05, 0) is 54.6 Å². The van der Waals surface area contributed by atoms with Crippen LogP contribution < -0.4 is 20.5 Å². The number of rotatable bonds is 7. The Morgan fingerprint density at radius 1 is 1.15 bits per heavy atom. The Balaban J connectivity index is 1.08. The summed E-state index contributed by atoms with van der Waals surface area (Å²) in [5.41, 5.74) is 0.917. The Bertz CT molecular complexity index is 1510. The fourth-order valence-corrected chi connectivity index (χ4v) is 6.35. The molecule has 0 radical (unpaired) electrons. The molecular weight excluding hydrogens is 520 g/mol. The van der Waals surface area contributed by atoms with Crippen molar-refractivity contribution in [2.45, 2.75) is 36.0 Å². The molecule has 1 aromatic heterocycles. The summed E-state index contributed by atoms with van der Waals surface area (Å²) in [5, 5.41) is 15.2. The van der Waals surface area contributed by atoms with Crippen LogP contribution in [0.4, 0.5) is 16.2 Å². The van der Waals surface area contributed by atoms with E-state index in [1.165, 1.54) is 17.8 Å². The lowest BCUT2D eigenvalue weighted by Gasteiger charge is -2.25. The number of β-amino-alcohol motifs (C(OH)–C–C–N with tert-alkyl or cyclic N) is 1. The zero-order valence-corrected chi connectivity index (χ0v) is 22.4. The van der Waals surface area contributed by atoms with Gasteiger partial charge >= 0.3 is 6.09 Å². The molecule has 1 unspecified atom stereocenters. The number of fused-ring (bicyclic) bond motifs is 2. The van der Waals surface area contributed by atoms with Gasteiger partial charge in [-0.15, -0.1) is 11.8 Å². The molecule has 2 saturated heterocycles. The quantitative estimate of drug-likeness (QED) is 0.462. The van der Waals surface area contributed by atoms with Crippen LogP contribution in [0.5, 0.6) is 5.75 Å². The molecule has 2 amide bonds. The van der Waals surface area contributed by atoms with Gasteiger partial charge in [0.1, 0.15) is 11.9 Å². The van der Waals surface area contributed by atoms with E-state index in [2.05, 4.69) is 10.2 Å². The van der Waals surface area contributed by atoms with Gasteiger partial charge in [0, 0.05) is 42.3 Å². The van der Waals surface area contributed by atoms with Crippen LogP contribution in [0.15, 0.2) is 58.2 Å². The summed E-state index contributed by atoms with van der Waals surface area (Å²) >= 11 is 1.48. The molecule has 2 atom stereocenters. The first kappa shape index (κ1) is 25.7. The maximum absolute atomic E-state index is 12.7. The first-order chi connectivity index (χ1) is 18.8. The molecule has 3 aliphatic heterocycles. The highest BCUT2D eigenvalue weighted by atomic mass is 32.2. The van der Waals surface area contributed by atoms with Crippen LogP contribution >= 0.6 is 11.8 Å². The number of ether oxygens (including phenoxy) is 2. The number of aromatic nitrogens is 1. The molecule has 204 valence electrons. The van der Waals surface area contributed by atoms with Crippen molar-refractivity contribution >= 4 is 46.0 Å². The van der Waals surface area contributed by atoms with Crippen molar-refractivity contribution in [2.24, 2.45) is 0 Å². The summed E-state index contributed by atoms with van der Waals surface area (Å²) in [6.45, 7) is 2.37. The van der Waals surface area contributed by atoms with Crippen LogP contribution in [0.2, 0.25) is 0 Å². The molecule has 0 aliphatic carbocycles. The topological polar surface area (TPSA) is 113 Å². The van der Waals surface area contributed by atoms with Crippen LogP contribution in [-0.2, 0) is 16.1 Å². The molecule has 2 aromatic carbocycles. The number of cyclic esters (lactones) is 1. The minimum Gasteiger partial charge on any atom is -0.497 e. The molecule has 0 spiro atoms. The van der Waals surface area contributed by atoms with Gasteiger partial charge in [-0.25, -0.2) is 4.79 Å². The molecule has 0 saturated carbocycles. The minimum atomic E-state index is -1.05. The highest BCUT2D eigenvalue weighted by molar-refractivity contribution is 8.00. The highest BCUT2D eigenvalue weighted by Gasteiger charge is 2.38. The molecular formula is C28H30N4O6S. The molecule has 39 heavy (non-hydrogen) atoms. The molecule has 3 aliphatic rings. The van der Waals surface area contributed by atoms with Crippen LogP contribution in [-0.4, -0.2) is 77.3 Å². The Morgan fingerprint density at radius 3 is 2.85 bits per heavy atom. The average Bonchev–Trinajstić information content (AvgIpc) is 3.50. The van der Waals surface area contributed by atoms with Gasteiger partial charge in [0.2, 0.25) is 5.91 Å². The van der Waals surface area contributed by atoms with Gasteiger partial charge in [0.25, 0.3) is 5.56 Å². The summed E-state index contributed by atoms with van der Waals surface area (Å²) in [5.74, 6) is 0.988. The largest absolute Gasteiger partial charge is 0.497 e. The monoisotopic (exact) mass is 550 g/mol. The van der Waals surface area contributed by atoms with E-state index in [9.17, 15) is 19.5 Å². The Labute approximate surface area is 229 Å². The van der Waals surface area contributed by atoms with Gasteiger partial charge in [-0.2, -0.15) is 0 Å². The van der Waals surface area contributed by atoms with E-state index in [0.717, 1.165) is 15.8 Å². The molecule has 11 heteroatoms. The van der Waals surface area contributed by atoms with Crippen LogP contribution in [0.3, 0.4) is 0 Å². The van der Waals surface area contributed by atoms with Crippen LogP contribution in [0, 0.1) is 0 Å². The van der Waals surface area contributed by atoms with Gasteiger partial charge in [0.05, 0.1) is 42.8 Å². The number of benzene rings is 2. The maximum Gasteiger partial charge on any atom is 0.414 e. The van der Waals surface area contributed by atoms with Crippen molar-refractivity contribution in [3.8, 4) is 5.75 Å². The van der Waals surface area contributed by atoms with E-state index in [0.29, 0.717) is 61.9 Å². The Morgan fingerprint density at radius 2 is 2.00 bits per heavy atom. The number of hydrogen-bond acceptors (Lipinski definition) is 8. The number of aliphatic hydroxyl groups is 1. The maximum atomic E-state index is 12.7. The van der Waals surface area contributed by atoms with E-state index in [4.69, 9.17) is 9.47 Å². The van der Waals surface area contributed by atoms with Gasteiger partial charge in [-0.3, -0.25) is 14.5 Å². The number of carbonyl (C=O) groups is 2. The minimum absolute atomic E-state index is 0.0536. The van der Waals surface area contributed by atoms with E-state index in [-0.39, 0.29) is 24.1 Å². The fourth-order valence-electron chi connectivity index (χ4n) is 5.56. The number of anilines is 2. The van der Waals surface area contributed by atoms with Crippen molar-refractivity contribution in [1.29, 1.82) is 0 Å². The normalized spacial score (nSPS) is 23.1. The fraction of sp³-hybridized carbons (Fsp3) is 0.393. The lowest BCUT2D eigenvalue weighted by atomic mass is 10.0. The second-order valence-electron chi connectivity index (χ2n) is 10.4. The van der Waals surface area contributed by atoms with Crippen molar-refractivity contribution < 1.29 is 24.2 Å².